The molecule has 4 atom stereocenters. The first-order valence-electron chi connectivity index (χ1n) is 23.3. The molecule has 2 aromatic heterocycles. The summed E-state index contributed by atoms with van der Waals surface area (Å²) in [6.07, 6.45) is 7.02. The number of amides is 5. The Bertz CT molecular complexity index is 2410. The number of carbonyl (C=O) groups is 5. The number of hydrazine groups is 1. The number of hydrogen-bond acceptors (Lipinski definition) is 11. The summed E-state index contributed by atoms with van der Waals surface area (Å²) in [4.78, 5) is 83.0. The van der Waals surface area contributed by atoms with Crippen molar-refractivity contribution in [3.8, 4) is 11.3 Å². The fourth-order valence-electron chi connectivity index (χ4n) is 9.60. The maximum atomic E-state index is 14.8. The number of nitrogens with zero attached hydrogens (tertiary/aromatic N) is 7. The number of ether oxygens (including phenoxy) is 2. The van der Waals surface area contributed by atoms with Gasteiger partial charge in [-0.15, -0.1) is 11.3 Å². The fraction of sp³-hybridized carbons (Fsp3) is 0.540. The van der Waals surface area contributed by atoms with Crippen LogP contribution in [-0.4, -0.2) is 149 Å². The molecule has 362 valence electrons. The van der Waals surface area contributed by atoms with Crippen LogP contribution < -0.4 is 10.7 Å². The number of rotatable bonds is 12. The van der Waals surface area contributed by atoms with Gasteiger partial charge in [0.15, 0.2) is 0 Å². The van der Waals surface area contributed by atoms with E-state index in [0.29, 0.717) is 70.1 Å². The summed E-state index contributed by atoms with van der Waals surface area (Å²) in [5.41, 5.74) is 7.97. The van der Waals surface area contributed by atoms with Gasteiger partial charge in [0.25, 0.3) is 5.91 Å². The van der Waals surface area contributed by atoms with Crippen LogP contribution in [-0.2, 0) is 48.0 Å². The average Bonchev–Trinajstić information content (AvgIpc) is 3.91. The number of aliphatic imine (C=N–C) groups is 1. The number of urea groups is 1. The first-order chi connectivity index (χ1) is 31.9. The minimum atomic E-state index is -1.20. The van der Waals surface area contributed by atoms with Crippen molar-refractivity contribution >= 4 is 64.1 Å². The molecule has 16 nitrogen and oxygen atoms in total. The van der Waals surface area contributed by atoms with Gasteiger partial charge in [-0.3, -0.25) is 24.4 Å². The molecule has 5 heterocycles. The molecule has 1 aromatic carbocycles. The number of aldehydes is 1. The van der Waals surface area contributed by atoms with Crippen LogP contribution in [0.15, 0.2) is 59.6 Å². The number of allylic oxidation sites excluding steroid dienone is 2. The Morgan fingerprint density at radius 2 is 1.82 bits per heavy atom. The summed E-state index contributed by atoms with van der Waals surface area (Å²) >= 11 is 1.40. The van der Waals surface area contributed by atoms with Crippen LogP contribution in [0.1, 0.15) is 77.6 Å². The summed E-state index contributed by atoms with van der Waals surface area (Å²) in [6, 6.07) is 3.96. The molecule has 0 aliphatic carbocycles. The molecule has 2 saturated heterocycles. The fourth-order valence-corrected chi connectivity index (χ4v) is 10.4. The lowest BCUT2D eigenvalue weighted by Crippen LogP contribution is -2.66. The van der Waals surface area contributed by atoms with Gasteiger partial charge in [-0.05, 0) is 75.1 Å². The highest BCUT2D eigenvalue weighted by Crippen LogP contribution is 2.40. The summed E-state index contributed by atoms with van der Waals surface area (Å²) < 4.78 is 14.6. The number of piperazine rings is 1. The van der Waals surface area contributed by atoms with E-state index in [4.69, 9.17) is 19.5 Å². The van der Waals surface area contributed by atoms with Crippen molar-refractivity contribution in [1.82, 2.24) is 40.0 Å². The quantitative estimate of drug-likeness (QED) is 0.0971. The Labute approximate surface area is 399 Å². The Kier molecular flexibility index (Phi) is 16.4. The number of carbonyl (C=O) groups excluding carboxylic acids is 5. The highest BCUT2D eigenvalue weighted by Gasteiger charge is 2.42. The Hall–Kier alpha value is -5.49. The van der Waals surface area contributed by atoms with Crippen molar-refractivity contribution in [2.75, 3.05) is 60.1 Å². The molecule has 17 heteroatoms. The number of aromatic nitrogens is 2. The minimum Gasteiger partial charge on any atom is -0.378 e. The highest BCUT2D eigenvalue weighted by atomic mass is 32.1. The van der Waals surface area contributed by atoms with E-state index >= 15 is 0 Å². The van der Waals surface area contributed by atoms with E-state index in [9.17, 15) is 24.0 Å². The monoisotopic (exact) mass is 940 g/mol. The minimum absolute atomic E-state index is 0.0150. The SMILES string of the molecule is C=CC(=O)N1CCN(C(=O)N(C)[C@H](C(=O)N[C@H]2Cc3nc(cs3)-c3ccc4c(c3)c(c(/C(C=C)=C(/N=CC)[C@H](C)OC)n4CC)CC(C)(C)COC[C@@]3(C=O)CCCN(N3)C2=O)C(C)C)CC1. The van der Waals surface area contributed by atoms with Crippen LogP contribution in [0.25, 0.3) is 27.7 Å². The molecule has 0 radical (unpaired) electrons. The zero-order valence-corrected chi connectivity index (χ0v) is 41.5. The third kappa shape index (κ3) is 11.0. The molecule has 2 N–H and O–H groups in total. The number of methoxy groups -OCH3 is 1. The molecule has 0 saturated carbocycles. The van der Waals surface area contributed by atoms with Crippen molar-refractivity contribution in [1.29, 1.82) is 0 Å². The van der Waals surface area contributed by atoms with Crippen LogP contribution in [0.3, 0.4) is 0 Å². The van der Waals surface area contributed by atoms with Crippen LogP contribution in [0.5, 0.6) is 0 Å². The van der Waals surface area contributed by atoms with E-state index in [-0.39, 0.29) is 37.0 Å². The maximum absolute atomic E-state index is 14.8. The molecule has 2 fully saturated rings. The number of hydrogen-bond donors (Lipinski definition) is 2. The lowest BCUT2D eigenvalue weighted by Gasteiger charge is -2.42. The number of thiazole rings is 1. The smallest absolute Gasteiger partial charge is 0.320 e. The number of aryl methyl sites for hydroxylation is 1. The summed E-state index contributed by atoms with van der Waals surface area (Å²) in [5.74, 6) is -1.45. The molecular formula is C50H69N9O7S. The predicted octanol–water partition coefficient (Wildman–Crippen LogP) is 5.90. The first-order valence-corrected chi connectivity index (χ1v) is 24.2. The average molecular weight is 940 g/mol. The Morgan fingerprint density at radius 1 is 1.10 bits per heavy atom. The van der Waals surface area contributed by atoms with Gasteiger partial charge in [-0.1, -0.05) is 53.0 Å². The molecule has 6 bridgehead atoms. The van der Waals surface area contributed by atoms with Crippen LogP contribution >= 0.6 is 11.3 Å². The first kappa shape index (κ1) is 50.9. The topological polar surface area (TPSA) is 171 Å². The summed E-state index contributed by atoms with van der Waals surface area (Å²) in [5, 5.41) is 8.09. The van der Waals surface area contributed by atoms with Gasteiger partial charge in [0.1, 0.15) is 23.9 Å². The van der Waals surface area contributed by atoms with Crippen molar-refractivity contribution in [2.45, 2.75) is 104 Å². The van der Waals surface area contributed by atoms with Crippen molar-refractivity contribution in [3.05, 3.63) is 70.9 Å². The van der Waals surface area contributed by atoms with Gasteiger partial charge in [0.2, 0.25) is 11.8 Å². The van der Waals surface area contributed by atoms with Crippen molar-refractivity contribution < 1.29 is 33.4 Å². The van der Waals surface area contributed by atoms with E-state index in [2.05, 4.69) is 67.4 Å². The van der Waals surface area contributed by atoms with E-state index in [0.717, 1.165) is 51.0 Å². The van der Waals surface area contributed by atoms with Crippen LogP contribution in [0.4, 0.5) is 4.79 Å². The number of nitrogens with one attached hydrogen (secondary N) is 2. The van der Waals surface area contributed by atoms with Crippen molar-refractivity contribution in [3.63, 3.8) is 0 Å². The van der Waals surface area contributed by atoms with E-state index in [1.165, 1.54) is 27.3 Å². The molecule has 0 spiro atoms. The zero-order valence-electron chi connectivity index (χ0n) is 40.7. The normalized spacial score (nSPS) is 21.7. The molecule has 67 heavy (non-hydrogen) atoms. The predicted molar refractivity (Wildman–Crippen MR) is 263 cm³/mol. The van der Waals surface area contributed by atoms with Crippen LogP contribution in [0, 0.1) is 11.3 Å². The van der Waals surface area contributed by atoms with E-state index < -0.39 is 34.9 Å². The molecule has 3 aliphatic rings. The summed E-state index contributed by atoms with van der Waals surface area (Å²) in [7, 11) is 3.26. The van der Waals surface area contributed by atoms with Gasteiger partial charge in [-0.2, -0.15) is 0 Å². The number of likely N-dealkylation sites (N-methyl/N-ethyl adjacent to an activating group) is 1. The Morgan fingerprint density at radius 3 is 2.45 bits per heavy atom. The summed E-state index contributed by atoms with van der Waals surface area (Å²) in [6.45, 7) is 24.4. The second kappa shape index (κ2) is 21.6. The third-order valence-corrected chi connectivity index (χ3v) is 14.0. The molecule has 5 amide bonds. The second-order valence-electron chi connectivity index (χ2n) is 18.9. The van der Waals surface area contributed by atoms with Crippen molar-refractivity contribution in [2.24, 2.45) is 16.3 Å². The van der Waals surface area contributed by atoms with Crippen LogP contribution in [0.2, 0.25) is 0 Å². The lowest BCUT2D eigenvalue weighted by molar-refractivity contribution is -0.147. The molecular weight excluding hydrogens is 871 g/mol. The third-order valence-electron chi connectivity index (χ3n) is 13.1. The largest absolute Gasteiger partial charge is 0.378 e. The lowest BCUT2D eigenvalue weighted by atomic mass is 9.84. The highest BCUT2D eigenvalue weighted by molar-refractivity contribution is 7.10. The number of fused-ring (bicyclic) bond motifs is 6. The molecule has 0 unspecified atom stereocenters. The molecule has 3 aromatic rings. The van der Waals surface area contributed by atoms with Gasteiger partial charge < -0.3 is 38.9 Å². The standard InChI is InChI=1S/C50H69N9O7S/c1-12-35(43(51-14-3)33(7)65-11)45-37-27-49(8,9)30-66-31-50(29-60)19-16-20-59(54-50)47(63)38(26-41-52-39(28-67-41)34-17-18-40(36(37)25-34)58(45)15-4)53-46(62)44(32(5)6)55(10)48(64)57-23-21-56(22-24-57)42(61)13-2/h12-14,17-18,25,28-29,32-33,38,44,54H,1-2,15-16,19-24,26-27,30-31H2,3-11H3,(H,53,62)/b43-35+,51-14?/t33-,38-,44-,50-/m0/s1. The molecule has 3 aliphatic heterocycles. The second-order valence-corrected chi connectivity index (χ2v) is 19.8. The molecule has 6 rings (SSSR count). The van der Waals surface area contributed by atoms with Gasteiger partial charge in [-0.25, -0.2) is 15.2 Å². The maximum Gasteiger partial charge on any atom is 0.320 e. The van der Waals surface area contributed by atoms with E-state index in [1.54, 1.807) is 30.2 Å². The zero-order chi connectivity index (χ0) is 48.8. The van der Waals surface area contributed by atoms with Gasteiger partial charge >= 0.3 is 6.03 Å². The van der Waals surface area contributed by atoms with Gasteiger partial charge in [0.05, 0.1) is 41.4 Å². The Balaban J connectivity index is 1.42. The van der Waals surface area contributed by atoms with E-state index in [1.807, 2.05) is 39.2 Å². The number of benzene rings is 1. The van der Waals surface area contributed by atoms with Gasteiger partial charge in [0, 0.05) is 93.5 Å².